The molecule has 1 aliphatic carbocycles. The Morgan fingerprint density at radius 3 is 2.75 bits per heavy atom. The summed E-state index contributed by atoms with van der Waals surface area (Å²) in [6.45, 7) is 5.61. The van der Waals surface area contributed by atoms with Gasteiger partial charge in [0.15, 0.2) is 0 Å². The molecule has 20 heavy (non-hydrogen) atoms. The Hall–Kier alpha value is -0.220. The van der Waals surface area contributed by atoms with Crippen LogP contribution in [0, 0.1) is 5.41 Å². The van der Waals surface area contributed by atoms with Gasteiger partial charge in [-0.1, -0.05) is 13.3 Å². The summed E-state index contributed by atoms with van der Waals surface area (Å²) < 4.78 is 4.77. The first-order valence-corrected chi connectivity index (χ1v) is 9.15. The Labute approximate surface area is 128 Å². The molecule has 1 saturated carbocycles. The van der Waals surface area contributed by atoms with Crippen LogP contribution in [-0.4, -0.2) is 37.2 Å². The van der Waals surface area contributed by atoms with Gasteiger partial charge >= 0.3 is 5.97 Å². The van der Waals surface area contributed by atoms with Crippen molar-refractivity contribution in [3.8, 4) is 0 Å². The third-order valence-corrected chi connectivity index (χ3v) is 5.42. The van der Waals surface area contributed by atoms with Crippen molar-refractivity contribution in [2.45, 2.75) is 64.8 Å². The molecule has 1 rings (SSSR count). The predicted octanol–water partition coefficient (Wildman–Crippen LogP) is 3.62. The van der Waals surface area contributed by atoms with Crippen molar-refractivity contribution < 1.29 is 9.53 Å². The number of hydrogen-bond donors (Lipinski definition) is 1. The first-order valence-electron chi connectivity index (χ1n) is 8.00. The molecule has 0 aliphatic heterocycles. The van der Waals surface area contributed by atoms with E-state index in [1.165, 1.54) is 51.4 Å². The Morgan fingerprint density at radius 1 is 1.40 bits per heavy atom. The molecule has 0 aromatic carbocycles. The highest BCUT2D eigenvalue weighted by atomic mass is 32.2. The predicted molar refractivity (Wildman–Crippen MR) is 87.2 cm³/mol. The fourth-order valence-electron chi connectivity index (χ4n) is 2.36. The van der Waals surface area contributed by atoms with Gasteiger partial charge in [-0.15, -0.1) is 0 Å². The van der Waals surface area contributed by atoms with Crippen molar-refractivity contribution in [2.24, 2.45) is 5.41 Å². The van der Waals surface area contributed by atoms with Gasteiger partial charge in [0, 0.05) is 6.04 Å². The molecular formula is C16H31NO2S. The number of ether oxygens (including phenoxy) is 1. The lowest BCUT2D eigenvalue weighted by molar-refractivity contribution is -0.141. The van der Waals surface area contributed by atoms with E-state index in [-0.39, 0.29) is 11.4 Å². The highest BCUT2D eigenvalue weighted by molar-refractivity contribution is 7.99. The van der Waals surface area contributed by atoms with E-state index >= 15 is 0 Å². The number of thioether (sulfide) groups is 1. The zero-order valence-electron chi connectivity index (χ0n) is 13.4. The molecule has 1 N–H and O–H groups in total. The minimum absolute atomic E-state index is 0.0427. The molecule has 0 spiro atoms. The van der Waals surface area contributed by atoms with E-state index in [9.17, 15) is 4.79 Å². The number of nitrogens with one attached hydrogen (secondary N) is 1. The van der Waals surface area contributed by atoms with Crippen LogP contribution in [0.5, 0.6) is 0 Å². The monoisotopic (exact) mass is 301 g/mol. The third-order valence-electron chi connectivity index (χ3n) is 4.03. The number of rotatable bonds is 12. The molecule has 1 unspecified atom stereocenters. The quantitative estimate of drug-likeness (QED) is 0.441. The van der Waals surface area contributed by atoms with Crippen molar-refractivity contribution in [1.29, 1.82) is 0 Å². The molecule has 1 atom stereocenters. The van der Waals surface area contributed by atoms with E-state index in [2.05, 4.69) is 19.2 Å². The molecule has 1 fully saturated rings. The van der Waals surface area contributed by atoms with Crippen molar-refractivity contribution >= 4 is 17.7 Å². The van der Waals surface area contributed by atoms with Gasteiger partial charge in [0.25, 0.3) is 0 Å². The van der Waals surface area contributed by atoms with Crippen LogP contribution in [0.3, 0.4) is 0 Å². The van der Waals surface area contributed by atoms with Gasteiger partial charge in [-0.3, -0.25) is 4.79 Å². The van der Waals surface area contributed by atoms with Crippen LogP contribution in [0.4, 0.5) is 0 Å². The second-order valence-electron chi connectivity index (χ2n) is 6.16. The van der Waals surface area contributed by atoms with E-state index in [4.69, 9.17) is 4.74 Å². The maximum Gasteiger partial charge on any atom is 0.306 e. The topological polar surface area (TPSA) is 38.3 Å². The number of carbonyl (C=O) groups is 1. The van der Waals surface area contributed by atoms with Crippen LogP contribution in [0.15, 0.2) is 0 Å². The number of unbranched alkanes of at least 4 members (excludes halogenated alkanes) is 1. The number of methoxy groups -OCH3 is 1. The summed E-state index contributed by atoms with van der Waals surface area (Å²) in [5.74, 6) is 2.31. The maximum absolute atomic E-state index is 11.3. The van der Waals surface area contributed by atoms with Crippen molar-refractivity contribution in [2.75, 3.05) is 25.2 Å². The SMILES string of the molecule is CCCNC(C)CCCCSCC1(CC(=O)OC)CC1. The van der Waals surface area contributed by atoms with Crippen LogP contribution in [0.25, 0.3) is 0 Å². The van der Waals surface area contributed by atoms with Gasteiger partial charge in [0.1, 0.15) is 0 Å². The summed E-state index contributed by atoms with van der Waals surface area (Å²) in [5, 5.41) is 3.53. The smallest absolute Gasteiger partial charge is 0.306 e. The minimum atomic E-state index is -0.0427. The van der Waals surface area contributed by atoms with E-state index < -0.39 is 0 Å². The van der Waals surface area contributed by atoms with Gasteiger partial charge in [0.2, 0.25) is 0 Å². The highest BCUT2D eigenvalue weighted by Gasteiger charge is 2.44. The maximum atomic E-state index is 11.3. The second kappa shape index (κ2) is 9.67. The lowest BCUT2D eigenvalue weighted by atomic mass is 10.1. The summed E-state index contributed by atoms with van der Waals surface area (Å²) in [4.78, 5) is 11.3. The van der Waals surface area contributed by atoms with Crippen LogP contribution < -0.4 is 5.32 Å². The largest absolute Gasteiger partial charge is 0.469 e. The van der Waals surface area contributed by atoms with Gasteiger partial charge in [0.05, 0.1) is 13.5 Å². The normalized spacial score (nSPS) is 17.8. The van der Waals surface area contributed by atoms with Gasteiger partial charge in [-0.25, -0.2) is 0 Å². The van der Waals surface area contributed by atoms with Gasteiger partial charge in [-0.05, 0) is 62.5 Å². The molecule has 0 saturated heterocycles. The summed E-state index contributed by atoms with van der Waals surface area (Å²) >= 11 is 2.02. The van der Waals surface area contributed by atoms with E-state index in [0.717, 1.165) is 12.3 Å². The molecule has 0 radical (unpaired) electrons. The standard InChI is InChI=1S/C16H31NO2S/c1-4-10-17-14(2)7-5-6-11-20-13-16(8-9-16)12-15(18)19-3/h14,17H,4-13H2,1-3H3. The van der Waals surface area contributed by atoms with Crippen LogP contribution >= 0.6 is 11.8 Å². The number of esters is 1. The van der Waals surface area contributed by atoms with Crippen molar-refractivity contribution in [1.82, 2.24) is 5.32 Å². The fraction of sp³-hybridized carbons (Fsp3) is 0.938. The second-order valence-corrected chi connectivity index (χ2v) is 7.26. The Kier molecular flexibility index (Phi) is 8.62. The number of hydrogen-bond acceptors (Lipinski definition) is 4. The summed E-state index contributed by atoms with van der Waals surface area (Å²) in [6.07, 6.45) is 8.09. The van der Waals surface area contributed by atoms with Crippen LogP contribution in [0.1, 0.15) is 58.8 Å². The van der Waals surface area contributed by atoms with E-state index in [1.807, 2.05) is 11.8 Å². The summed E-state index contributed by atoms with van der Waals surface area (Å²) in [5.41, 5.74) is 0.285. The first-order chi connectivity index (χ1) is 9.62. The first kappa shape index (κ1) is 17.8. The molecule has 0 aromatic heterocycles. The third kappa shape index (κ3) is 7.53. The highest BCUT2D eigenvalue weighted by Crippen LogP contribution is 2.51. The summed E-state index contributed by atoms with van der Waals surface area (Å²) in [7, 11) is 1.49. The Morgan fingerprint density at radius 2 is 2.15 bits per heavy atom. The Bertz CT molecular complexity index is 280. The van der Waals surface area contributed by atoms with E-state index in [1.54, 1.807) is 0 Å². The molecule has 0 bridgehead atoms. The van der Waals surface area contributed by atoms with Crippen LogP contribution in [-0.2, 0) is 9.53 Å². The van der Waals surface area contributed by atoms with Gasteiger partial charge in [-0.2, -0.15) is 11.8 Å². The zero-order valence-corrected chi connectivity index (χ0v) is 14.2. The average Bonchev–Trinajstić information content (AvgIpc) is 3.20. The fourth-order valence-corrected chi connectivity index (χ4v) is 3.74. The molecule has 0 amide bonds. The number of carbonyl (C=O) groups excluding carboxylic acids is 1. The average molecular weight is 301 g/mol. The lowest BCUT2D eigenvalue weighted by Crippen LogP contribution is -2.26. The zero-order chi connectivity index (χ0) is 14.8. The van der Waals surface area contributed by atoms with Gasteiger partial charge < -0.3 is 10.1 Å². The molecular weight excluding hydrogens is 270 g/mol. The molecule has 3 nitrogen and oxygen atoms in total. The summed E-state index contributed by atoms with van der Waals surface area (Å²) in [6, 6.07) is 0.647. The van der Waals surface area contributed by atoms with E-state index in [0.29, 0.717) is 12.5 Å². The Balaban J connectivity index is 1.96. The lowest BCUT2D eigenvalue weighted by Gasteiger charge is -2.14. The van der Waals surface area contributed by atoms with Crippen molar-refractivity contribution in [3.63, 3.8) is 0 Å². The van der Waals surface area contributed by atoms with Crippen molar-refractivity contribution in [3.05, 3.63) is 0 Å². The molecule has 118 valence electrons. The van der Waals surface area contributed by atoms with Crippen LogP contribution in [0.2, 0.25) is 0 Å². The molecule has 0 heterocycles. The molecule has 0 aromatic rings. The molecule has 4 heteroatoms. The molecule has 1 aliphatic rings. The minimum Gasteiger partial charge on any atom is -0.469 e.